The highest BCUT2D eigenvalue weighted by molar-refractivity contribution is 6.31. The van der Waals surface area contributed by atoms with Crippen LogP contribution in [0.15, 0.2) is 54.6 Å². The Kier molecular flexibility index (Phi) is 9.20. The molecule has 2 aromatic carbocycles. The minimum Gasteiger partial charge on any atom is -0.352 e. The minimum atomic E-state index is -0.596. The van der Waals surface area contributed by atoms with Gasteiger partial charge in [-0.15, -0.1) is 0 Å². The highest BCUT2D eigenvalue weighted by Gasteiger charge is 2.30. The van der Waals surface area contributed by atoms with E-state index < -0.39 is 6.04 Å². The molecule has 0 aliphatic rings. The number of rotatable bonds is 10. The van der Waals surface area contributed by atoms with E-state index in [0.717, 1.165) is 24.0 Å². The van der Waals surface area contributed by atoms with Crippen molar-refractivity contribution in [3.63, 3.8) is 0 Å². The molecule has 0 heterocycles. The monoisotopic (exact) mass is 414 g/mol. The summed E-state index contributed by atoms with van der Waals surface area (Å²) in [7, 11) is 0. The number of benzene rings is 2. The number of carbonyl (C=O) groups excluding carboxylic acids is 2. The Morgan fingerprint density at radius 2 is 1.69 bits per heavy atom. The SMILES string of the molecule is CCCC(=O)N(Cc1ccccc1Cl)[C@H](Cc1ccccc1)C(=O)N[C@@H](C)CC. The molecule has 2 rings (SSSR count). The average molecular weight is 415 g/mol. The molecule has 0 aliphatic heterocycles. The fraction of sp³-hybridized carbons (Fsp3) is 0.417. The second-order valence-electron chi connectivity index (χ2n) is 7.39. The van der Waals surface area contributed by atoms with Gasteiger partial charge in [0.2, 0.25) is 11.8 Å². The zero-order valence-electron chi connectivity index (χ0n) is 17.5. The summed E-state index contributed by atoms with van der Waals surface area (Å²) in [4.78, 5) is 27.9. The Morgan fingerprint density at radius 1 is 1.03 bits per heavy atom. The third-order valence-electron chi connectivity index (χ3n) is 5.03. The molecule has 0 fully saturated rings. The molecule has 0 radical (unpaired) electrons. The van der Waals surface area contributed by atoms with Crippen molar-refractivity contribution < 1.29 is 9.59 Å². The van der Waals surface area contributed by atoms with Gasteiger partial charge >= 0.3 is 0 Å². The molecule has 0 saturated carbocycles. The lowest BCUT2D eigenvalue weighted by Gasteiger charge is -2.32. The molecule has 2 aromatic rings. The van der Waals surface area contributed by atoms with Crippen molar-refractivity contribution in [1.29, 1.82) is 0 Å². The predicted molar refractivity (Wildman–Crippen MR) is 119 cm³/mol. The van der Waals surface area contributed by atoms with E-state index in [1.54, 1.807) is 4.90 Å². The van der Waals surface area contributed by atoms with Crippen molar-refractivity contribution in [1.82, 2.24) is 10.2 Å². The van der Waals surface area contributed by atoms with Crippen molar-refractivity contribution in [2.45, 2.75) is 65.1 Å². The van der Waals surface area contributed by atoms with Crippen LogP contribution in [0.2, 0.25) is 5.02 Å². The highest BCUT2D eigenvalue weighted by Crippen LogP contribution is 2.21. The summed E-state index contributed by atoms with van der Waals surface area (Å²) >= 11 is 6.36. The standard InChI is InChI=1S/C24H31ClN2O2/c1-4-11-23(28)27(17-20-14-9-10-15-21(20)25)22(24(29)26-18(3)5-2)16-19-12-7-6-8-13-19/h6-10,12-15,18,22H,4-5,11,16-17H2,1-3H3,(H,26,29)/t18-,22+/m0/s1. The van der Waals surface area contributed by atoms with Crippen LogP contribution in [0.1, 0.15) is 51.2 Å². The molecular weight excluding hydrogens is 384 g/mol. The van der Waals surface area contributed by atoms with Crippen LogP contribution < -0.4 is 5.32 Å². The second-order valence-corrected chi connectivity index (χ2v) is 7.79. The maximum absolute atomic E-state index is 13.2. The van der Waals surface area contributed by atoms with E-state index in [2.05, 4.69) is 5.32 Å². The number of carbonyl (C=O) groups is 2. The van der Waals surface area contributed by atoms with Crippen LogP contribution in [0, 0.1) is 0 Å². The van der Waals surface area contributed by atoms with Crippen LogP contribution in [0.3, 0.4) is 0 Å². The third kappa shape index (κ3) is 6.90. The summed E-state index contributed by atoms with van der Waals surface area (Å²) in [5.41, 5.74) is 1.86. The molecule has 0 spiro atoms. The van der Waals surface area contributed by atoms with E-state index in [1.165, 1.54) is 0 Å². The van der Waals surface area contributed by atoms with Gasteiger partial charge in [0, 0.05) is 30.5 Å². The van der Waals surface area contributed by atoms with Gasteiger partial charge in [0.1, 0.15) is 6.04 Å². The van der Waals surface area contributed by atoms with E-state index in [-0.39, 0.29) is 17.9 Å². The molecule has 0 aromatic heterocycles. The van der Waals surface area contributed by atoms with Gasteiger partial charge in [-0.25, -0.2) is 0 Å². The van der Waals surface area contributed by atoms with Gasteiger partial charge in [-0.3, -0.25) is 9.59 Å². The van der Waals surface area contributed by atoms with Crippen molar-refractivity contribution in [2.24, 2.45) is 0 Å². The second kappa shape index (κ2) is 11.6. The number of nitrogens with one attached hydrogen (secondary N) is 1. The normalized spacial score (nSPS) is 12.8. The quantitative estimate of drug-likeness (QED) is 0.595. The maximum atomic E-state index is 13.2. The first kappa shape index (κ1) is 23.0. The predicted octanol–water partition coefficient (Wildman–Crippen LogP) is 4.99. The lowest BCUT2D eigenvalue weighted by Crippen LogP contribution is -2.52. The first-order chi connectivity index (χ1) is 14.0. The molecule has 29 heavy (non-hydrogen) atoms. The van der Waals surface area contributed by atoms with Gasteiger partial charge in [-0.1, -0.05) is 74.0 Å². The Morgan fingerprint density at radius 3 is 2.31 bits per heavy atom. The van der Waals surface area contributed by atoms with Crippen molar-refractivity contribution >= 4 is 23.4 Å². The number of halogens is 1. The topological polar surface area (TPSA) is 49.4 Å². The summed E-state index contributed by atoms with van der Waals surface area (Å²) < 4.78 is 0. The number of amides is 2. The molecule has 0 bridgehead atoms. The van der Waals surface area contributed by atoms with Gasteiger partial charge in [-0.2, -0.15) is 0 Å². The van der Waals surface area contributed by atoms with Crippen LogP contribution in [-0.4, -0.2) is 28.8 Å². The van der Waals surface area contributed by atoms with Gasteiger partial charge in [0.25, 0.3) is 0 Å². The van der Waals surface area contributed by atoms with E-state index >= 15 is 0 Å². The summed E-state index contributed by atoms with van der Waals surface area (Å²) in [6, 6.07) is 16.7. The van der Waals surface area contributed by atoms with Gasteiger partial charge < -0.3 is 10.2 Å². The Balaban J connectivity index is 2.39. The molecule has 0 unspecified atom stereocenters. The van der Waals surface area contributed by atoms with Crippen LogP contribution in [0.25, 0.3) is 0 Å². The fourth-order valence-electron chi connectivity index (χ4n) is 3.16. The Labute approximate surface area is 179 Å². The number of nitrogens with zero attached hydrogens (tertiary/aromatic N) is 1. The van der Waals surface area contributed by atoms with Crippen molar-refractivity contribution in [2.75, 3.05) is 0 Å². The summed E-state index contributed by atoms with van der Waals surface area (Å²) in [5.74, 6) is -0.160. The summed E-state index contributed by atoms with van der Waals surface area (Å²) in [6.45, 7) is 6.28. The van der Waals surface area contributed by atoms with Gasteiger partial charge in [0.15, 0.2) is 0 Å². The first-order valence-corrected chi connectivity index (χ1v) is 10.7. The van der Waals surface area contributed by atoms with E-state index in [9.17, 15) is 9.59 Å². The highest BCUT2D eigenvalue weighted by atomic mass is 35.5. The lowest BCUT2D eigenvalue weighted by atomic mass is 10.0. The summed E-state index contributed by atoms with van der Waals surface area (Å²) in [5, 5.41) is 3.66. The molecule has 156 valence electrons. The molecule has 2 amide bonds. The first-order valence-electron chi connectivity index (χ1n) is 10.3. The molecule has 0 aliphatic carbocycles. The molecular formula is C24H31ClN2O2. The van der Waals surface area contributed by atoms with E-state index in [0.29, 0.717) is 24.4 Å². The molecule has 5 heteroatoms. The van der Waals surface area contributed by atoms with Crippen molar-refractivity contribution in [3.8, 4) is 0 Å². The Hall–Kier alpha value is -2.33. The smallest absolute Gasteiger partial charge is 0.243 e. The Bertz CT molecular complexity index is 794. The molecule has 0 saturated heterocycles. The average Bonchev–Trinajstić information content (AvgIpc) is 2.72. The van der Waals surface area contributed by atoms with Crippen LogP contribution in [-0.2, 0) is 22.6 Å². The zero-order valence-corrected chi connectivity index (χ0v) is 18.3. The van der Waals surface area contributed by atoms with Gasteiger partial charge in [0.05, 0.1) is 0 Å². The third-order valence-corrected chi connectivity index (χ3v) is 5.40. The van der Waals surface area contributed by atoms with Gasteiger partial charge in [-0.05, 0) is 37.0 Å². The van der Waals surface area contributed by atoms with Crippen LogP contribution in [0.5, 0.6) is 0 Å². The van der Waals surface area contributed by atoms with Crippen molar-refractivity contribution in [3.05, 3.63) is 70.7 Å². The lowest BCUT2D eigenvalue weighted by molar-refractivity contribution is -0.141. The van der Waals surface area contributed by atoms with Crippen LogP contribution in [0.4, 0.5) is 0 Å². The molecule has 2 atom stereocenters. The number of hydrogen-bond donors (Lipinski definition) is 1. The minimum absolute atomic E-state index is 0.0346. The summed E-state index contributed by atoms with van der Waals surface area (Å²) in [6.07, 6.45) is 2.41. The van der Waals surface area contributed by atoms with Crippen LogP contribution >= 0.6 is 11.6 Å². The van der Waals surface area contributed by atoms with E-state index in [1.807, 2.05) is 75.4 Å². The van der Waals surface area contributed by atoms with E-state index in [4.69, 9.17) is 11.6 Å². The fourth-order valence-corrected chi connectivity index (χ4v) is 3.36. The zero-order chi connectivity index (χ0) is 21.2. The molecule has 4 nitrogen and oxygen atoms in total. The maximum Gasteiger partial charge on any atom is 0.243 e. The largest absolute Gasteiger partial charge is 0.352 e. The number of hydrogen-bond acceptors (Lipinski definition) is 2. The molecule has 1 N–H and O–H groups in total.